The minimum atomic E-state index is -0.956. The van der Waals surface area contributed by atoms with E-state index >= 15 is 4.39 Å². The second-order valence-corrected chi connectivity index (χ2v) is 10.3. The van der Waals surface area contributed by atoms with E-state index in [9.17, 15) is 10.2 Å². The van der Waals surface area contributed by atoms with Crippen LogP contribution in [0.3, 0.4) is 0 Å². The average Bonchev–Trinajstić information content (AvgIpc) is 2.97. The maximum Gasteiger partial charge on any atom is 0.115 e. The van der Waals surface area contributed by atoms with Crippen molar-refractivity contribution < 1.29 is 14.6 Å². The van der Waals surface area contributed by atoms with Gasteiger partial charge in [0.2, 0.25) is 0 Å². The number of aliphatic hydroxyl groups is 1. The number of aliphatic hydroxyl groups excluding tert-OH is 1. The lowest BCUT2D eigenvalue weighted by atomic mass is 9.50. The van der Waals surface area contributed by atoms with Crippen molar-refractivity contribution in [3.05, 3.63) is 77.4 Å². The number of phenols is 1. The van der Waals surface area contributed by atoms with Gasteiger partial charge in [-0.2, -0.15) is 0 Å². The molecule has 0 bridgehead atoms. The fourth-order valence-electron chi connectivity index (χ4n) is 7.42. The number of phenolic OH excluding ortho intramolecular Hbond substituents is 1. The van der Waals surface area contributed by atoms with Crippen LogP contribution in [-0.4, -0.2) is 22.5 Å². The largest absolute Gasteiger partial charge is 0.508 e. The predicted octanol–water partition coefficient (Wildman–Crippen LogP) is 5.75. The lowest BCUT2D eigenvalue weighted by Crippen LogP contribution is -2.50. The second-order valence-electron chi connectivity index (χ2n) is 10.3. The van der Waals surface area contributed by atoms with Crippen LogP contribution >= 0.6 is 0 Å². The van der Waals surface area contributed by atoms with Gasteiger partial charge in [-0.3, -0.25) is 0 Å². The van der Waals surface area contributed by atoms with E-state index in [4.69, 9.17) is 0 Å². The summed E-state index contributed by atoms with van der Waals surface area (Å²) in [6.07, 6.45) is 0.487. The first-order valence-corrected chi connectivity index (χ1v) is 11.1. The molecule has 2 nitrogen and oxygen atoms in total. The Labute approximate surface area is 178 Å². The fourth-order valence-corrected chi connectivity index (χ4v) is 7.42. The van der Waals surface area contributed by atoms with Crippen LogP contribution in [0.4, 0.5) is 4.39 Å². The molecule has 0 saturated heterocycles. The molecule has 3 aliphatic carbocycles. The highest BCUT2D eigenvalue weighted by molar-refractivity contribution is 5.44. The van der Waals surface area contributed by atoms with Gasteiger partial charge in [0, 0.05) is 11.8 Å². The maximum absolute atomic E-state index is 16.0. The summed E-state index contributed by atoms with van der Waals surface area (Å²) in [6.45, 7) is 8.43. The average molecular weight is 407 g/mol. The molecule has 2 aromatic carbocycles. The number of benzene rings is 2. The summed E-state index contributed by atoms with van der Waals surface area (Å²) in [4.78, 5) is 0. The molecule has 0 amide bonds. The Bertz CT molecular complexity index is 970. The van der Waals surface area contributed by atoms with Crippen LogP contribution < -0.4 is 0 Å². The van der Waals surface area contributed by atoms with Crippen LogP contribution in [0, 0.1) is 23.2 Å². The number of aromatic hydroxyl groups is 1. The second kappa shape index (κ2) is 6.95. The number of hydrogen-bond acceptors (Lipinski definition) is 2. The third kappa shape index (κ3) is 2.85. The molecule has 0 heterocycles. The topological polar surface area (TPSA) is 40.5 Å². The number of rotatable bonds is 2. The van der Waals surface area contributed by atoms with Gasteiger partial charge < -0.3 is 10.2 Å². The fraction of sp³-hybridized carbons (Fsp3) is 0.481. The van der Waals surface area contributed by atoms with Gasteiger partial charge in [-0.25, -0.2) is 4.39 Å². The zero-order valence-corrected chi connectivity index (χ0v) is 17.8. The Balaban J connectivity index is 1.72. The Kier molecular flexibility index (Phi) is 4.59. The molecule has 3 heteroatoms. The molecule has 0 aliphatic heterocycles. The van der Waals surface area contributed by atoms with Crippen molar-refractivity contribution in [3.8, 4) is 5.75 Å². The molecular weight excluding hydrogens is 375 g/mol. The molecule has 0 aromatic heterocycles. The van der Waals surface area contributed by atoms with Gasteiger partial charge in [0.1, 0.15) is 11.9 Å². The molecule has 2 fully saturated rings. The zero-order chi connectivity index (χ0) is 21.2. The number of halogens is 1. The molecule has 30 heavy (non-hydrogen) atoms. The van der Waals surface area contributed by atoms with Gasteiger partial charge in [0.15, 0.2) is 0 Å². The van der Waals surface area contributed by atoms with E-state index < -0.39 is 12.3 Å². The number of alkyl halides is 1. The minimum absolute atomic E-state index is 0.000114. The van der Waals surface area contributed by atoms with Crippen molar-refractivity contribution in [2.45, 2.75) is 57.2 Å². The summed E-state index contributed by atoms with van der Waals surface area (Å²) in [7, 11) is 0. The molecule has 0 radical (unpaired) electrons. The van der Waals surface area contributed by atoms with E-state index in [1.54, 1.807) is 6.07 Å². The Hall–Kier alpha value is -2.13. The molecule has 2 saturated carbocycles. The van der Waals surface area contributed by atoms with Crippen LogP contribution in [0.5, 0.6) is 5.75 Å². The van der Waals surface area contributed by atoms with Crippen LogP contribution in [0.1, 0.15) is 55.2 Å². The summed E-state index contributed by atoms with van der Waals surface area (Å²) >= 11 is 0. The van der Waals surface area contributed by atoms with E-state index in [0.29, 0.717) is 12.8 Å². The Morgan fingerprint density at radius 1 is 1.13 bits per heavy atom. The van der Waals surface area contributed by atoms with Crippen molar-refractivity contribution in [2.24, 2.45) is 23.2 Å². The highest BCUT2D eigenvalue weighted by Gasteiger charge is 2.62. The maximum atomic E-state index is 16.0. The lowest BCUT2D eigenvalue weighted by Gasteiger charge is -2.55. The van der Waals surface area contributed by atoms with E-state index in [2.05, 4.69) is 37.8 Å². The first-order chi connectivity index (χ1) is 14.3. The van der Waals surface area contributed by atoms with Crippen LogP contribution in [0.25, 0.3) is 0 Å². The first-order valence-electron chi connectivity index (χ1n) is 11.1. The number of hydrogen-bond donors (Lipinski definition) is 2. The van der Waals surface area contributed by atoms with Gasteiger partial charge in [0.05, 0.1) is 6.10 Å². The van der Waals surface area contributed by atoms with E-state index in [1.807, 2.05) is 25.1 Å². The molecule has 2 N–H and O–H groups in total. The summed E-state index contributed by atoms with van der Waals surface area (Å²) in [6, 6.07) is 15.9. The third-order valence-electron chi connectivity index (χ3n) is 8.35. The van der Waals surface area contributed by atoms with Gasteiger partial charge in [-0.05, 0) is 78.2 Å². The first kappa shape index (κ1) is 19.8. The Morgan fingerprint density at radius 2 is 1.87 bits per heavy atom. The van der Waals surface area contributed by atoms with Crippen LogP contribution in [-0.2, 0) is 6.42 Å². The minimum Gasteiger partial charge on any atom is -0.508 e. The van der Waals surface area contributed by atoms with Crippen molar-refractivity contribution in [3.63, 3.8) is 0 Å². The highest BCUT2D eigenvalue weighted by atomic mass is 19.1. The smallest absolute Gasteiger partial charge is 0.115 e. The molecule has 8 atom stereocenters. The molecule has 0 spiro atoms. The summed E-state index contributed by atoms with van der Waals surface area (Å²) < 4.78 is 16.0. The van der Waals surface area contributed by atoms with Gasteiger partial charge in [0.25, 0.3) is 0 Å². The summed E-state index contributed by atoms with van der Waals surface area (Å²) in [5.74, 6) is 0.461. The lowest BCUT2D eigenvalue weighted by molar-refractivity contribution is -0.0206. The van der Waals surface area contributed by atoms with Crippen molar-refractivity contribution in [1.29, 1.82) is 0 Å². The normalized spacial score (nSPS) is 39.7. The number of fused-ring (bicyclic) bond motifs is 5. The highest BCUT2D eigenvalue weighted by Crippen LogP contribution is 2.66. The zero-order valence-electron chi connectivity index (χ0n) is 17.8. The molecular formula is C27H31FO2. The van der Waals surface area contributed by atoms with Crippen LogP contribution in [0.15, 0.2) is 60.7 Å². The predicted molar refractivity (Wildman–Crippen MR) is 117 cm³/mol. The van der Waals surface area contributed by atoms with Gasteiger partial charge in [-0.1, -0.05) is 55.5 Å². The standard InChI is InChI=1S/C27H31FO2/c1-15(2)23-22(30)14-27(3)13-21(28)24-19-10-9-18(29)11-17(19)12-20(25(24)26(23)27)16-7-5-4-6-8-16/h4-11,20-26,29-30H,1,12-14H2,2-3H3/t20-,21-,22+,23-,24-,25+,26-,27+/m0/s1. The van der Waals surface area contributed by atoms with Crippen molar-refractivity contribution in [1.82, 2.24) is 0 Å². The third-order valence-corrected chi connectivity index (χ3v) is 8.35. The van der Waals surface area contributed by atoms with Gasteiger partial charge in [-0.15, -0.1) is 0 Å². The quantitative estimate of drug-likeness (QED) is 0.623. The summed E-state index contributed by atoms with van der Waals surface area (Å²) in [5.41, 5.74) is 4.10. The monoisotopic (exact) mass is 406 g/mol. The van der Waals surface area contributed by atoms with Crippen LogP contribution in [0.2, 0.25) is 0 Å². The van der Waals surface area contributed by atoms with Crippen molar-refractivity contribution in [2.75, 3.05) is 0 Å². The molecule has 2 aromatic rings. The van der Waals surface area contributed by atoms with Crippen molar-refractivity contribution >= 4 is 0 Å². The molecule has 0 unspecified atom stereocenters. The molecule has 158 valence electrons. The Morgan fingerprint density at radius 3 is 2.57 bits per heavy atom. The van der Waals surface area contributed by atoms with E-state index in [1.165, 1.54) is 5.56 Å². The van der Waals surface area contributed by atoms with Gasteiger partial charge >= 0.3 is 0 Å². The summed E-state index contributed by atoms with van der Waals surface area (Å²) in [5, 5.41) is 21.1. The van der Waals surface area contributed by atoms with E-state index in [-0.39, 0.29) is 40.8 Å². The SMILES string of the molecule is C=C(C)[C@@H]1[C@H]2[C@H]3[C@@H](c4ccc(O)cc4C[C@H]3c3ccccc3)[C@@H](F)C[C@]2(C)C[C@H]1O. The van der Waals surface area contributed by atoms with E-state index in [0.717, 1.165) is 23.1 Å². The molecule has 3 aliphatic rings. The molecule has 5 rings (SSSR count).